The van der Waals surface area contributed by atoms with Crippen LogP contribution in [0.5, 0.6) is 0 Å². The fraction of sp³-hybridized carbons (Fsp3) is 0.0769. The number of aromatic nitrogens is 2. The number of pyridine rings is 2. The number of hydrogen-bond acceptors (Lipinski definition) is 2. The first-order chi connectivity index (χ1) is 8.11. The number of nitrogens with zero attached hydrogens (tertiary/aromatic N) is 2. The summed E-state index contributed by atoms with van der Waals surface area (Å²) in [7, 11) is 0. The fourth-order valence-electron chi connectivity index (χ4n) is 1.51. The van der Waals surface area contributed by atoms with Crippen molar-refractivity contribution in [3.63, 3.8) is 0 Å². The Morgan fingerprint density at radius 2 is 1.88 bits per heavy atom. The summed E-state index contributed by atoms with van der Waals surface area (Å²) < 4.78 is 27.0. The SMILES string of the molecule is C=Cc1ncc(-c2cc(C)ncc2F)cc1F. The Morgan fingerprint density at radius 3 is 2.53 bits per heavy atom. The quantitative estimate of drug-likeness (QED) is 0.793. The largest absolute Gasteiger partial charge is 0.259 e. The predicted octanol–water partition coefficient (Wildman–Crippen LogP) is 3.37. The number of halogens is 2. The van der Waals surface area contributed by atoms with E-state index in [1.165, 1.54) is 18.3 Å². The van der Waals surface area contributed by atoms with Crippen molar-refractivity contribution in [3.05, 3.63) is 54.1 Å². The van der Waals surface area contributed by atoms with Crippen LogP contribution in [0.1, 0.15) is 11.4 Å². The van der Waals surface area contributed by atoms with E-state index in [1.807, 2.05) is 0 Å². The van der Waals surface area contributed by atoms with Crippen LogP contribution < -0.4 is 0 Å². The summed E-state index contributed by atoms with van der Waals surface area (Å²) in [6.45, 7) is 5.18. The Labute approximate surface area is 97.7 Å². The highest BCUT2D eigenvalue weighted by Gasteiger charge is 2.09. The monoisotopic (exact) mass is 232 g/mol. The summed E-state index contributed by atoms with van der Waals surface area (Å²) in [4.78, 5) is 7.68. The molecule has 0 amide bonds. The zero-order valence-corrected chi connectivity index (χ0v) is 9.24. The summed E-state index contributed by atoms with van der Waals surface area (Å²) in [6, 6.07) is 2.79. The average molecular weight is 232 g/mol. The van der Waals surface area contributed by atoms with Crippen LogP contribution in [0.2, 0.25) is 0 Å². The second-order valence-corrected chi connectivity index (χ2v) is 3.60. The topological polar surface area (TPSA) is 25.8 Å². The second kappa shape index (κ2) is 4.41. The van der Waals surface area contributed by atoms with Crippen molar-refractivity contribution in [3.8, 4) is 11.1 Å². The molecule has 2 nitrogen and oxygen atoms in total. The third kappa shape index (κ3) is 2.20. The minimum absolute atomic E-state index is 0.153. The molecule has 2 rings (SSSR count). The molecule has 0 radical (unpaired) electrons. The van der Waals surface area contributed by atoms with Gasteiger partial charge in [-0.2, -0.15) is 0 Å². The van der Waals surface area contributed by atoms with E-state index >= 15 is 0 Å². The lowest BCUT2D eigenvalue weighted by Gasteiger charge is -2.05. The second-order valence-electron chi connectivity index (χ2n) is 3.60. The standard InChI is InChI=1S/C13H10F2N2/c1-3-13-11(14)5-9(6-17-13)10-4-8(2)16-7-12(10)15/h3-7H,1H2,2H3. The molecule has 0 fully saturated rings. The molecular weight excluding hydrogens is 222 g/mol. The van der Waals surface area contributed by atoms with Gasteiger partial charge in [0.25, 0.3) is 0 Å². The Morgan fingerprint density at radius 1 is 1.12 bits per heavy atom. The molecule has 0 aliphatic rings. The van der Waals surface area contributed by atoms with Crippen molar-refractivity contribution in [2.75, 3.05) is 0 Å². The summed E-state index contributed by atoms with van der Waals surface area (Å²) in [5.41, 5.74) is 1.49. The molecule has 0 unspecified atom stereocenters. The number of rotatable bonds is 2. The minimum Gasteiger partial charge on any atom is -0.259 e. The van der Waals surface area contributed by atoms with Crippen LogP contribution in [-0.2, 0) is 0 Å². The fourth-order valence-corrected chi connectivity index (χ4v) is 1.51. The van der Waals surface area contributed by atoms with E-state index in [-0.39, 0.29) is 5.69 Å². The normalized spacial score (nSPS) is 10.3. The van der Waals surface area contributed by atoms with Crippen molar-refractivity contribution in [2.24, 2.45) is 0 Å². The van der Waals surface area contributed by atoms with Gasteiger partial charge >= 0.3 is 0 Å². The van der Waals surface area contributed by atoms with Gasteiger partial charge in [-0.3, -0.25) is 9.97 Å². The maximum Gasteiger partial charge on any atom is 0.149 e. The van der Waals surface area contributed by atoms with Crippen LogP contribution in [0, 0.1) is 18.6 Å². The molecule has 0 aliphatic carbocycles. The van der Waals surface area contributed by atoms with Crippen LogP contribution >= 0.6 is 0 Å². The van der Waals surface area contributed by atoms with E-state index in [0.717, 1.165) is 6.20 Å². The van der Waals surface area contributed by atoms with Gasteiger partial charge in [0, 0.05) is 23.0 Å². The van der Waals surface area contributed by atoms with Gasteiger partial charge in [-0.1, -0.05) is 6.58 Å². The van der Waals surface area contributed by atoms with Crippen LogP contribution in [0.25, 0.3) is 17.2 Å². The lowest BCUT2D eigenvalue weighted by molar-refractivity contribution is 0.615. The van der Waals surface area contributed by atoms with Crippen molar-refractivity contribution < 1.29 is 8.78 Å². The molecule has 0 N–H and O–H groups in total. The van der Waals surface area contributed by atoms with E-state index in [2.05, 4.69) is 16.5 Å². The van der Waals surface area contributed by atoms with Gasteiger partial charge in [-0.05, 0) is 25.1 Å². The van der Waals surface area contributed by atoms with Gasteiger partial charge < -0.3 is 0 Å². The maximum absolute atomic E-state index is 13.5. The molecule has 4 heteroatoms. The molecule has 0 aliphatic heterocycles. The molecule has 2 heterocycles. The molecule has 86 valence electrons. The highest BCUT2D eigenvalue weighted by atomic mass is 19.1. The Hall–Kier alpha value is -2.10. The summed E-state index contributed by atoms with van der Waals surface area (Å²) in [5, 5.41) is 0. The third-order valence-corrected chi connectivity index (χ3v) is 2.37. The first-order valence-electron chi connectivity index (χ1n) is 5.02. The Kier molecular flexibility index (Phi) is 2.95. The van der Waals surface area contributed by atoms with E-state index in [1.54, 1.807) is 13.0 Å². The highest BCUT2D eigenvalue weighted by molar-refractivity contribution is 5.64. The molecule has 0 saturated heterocycles. The van der Waals surface area contributed by atoms with Gasteiger partial charge in [-0.15, -0.1) is 0 Å². The smallest absolute Gasteiger partial charge is 0.149 e. The molecule has 2 aromatic heterocycles. The minimum atomic E-state index is -0.522. The Bertz CT molecular complexity index is 580. The predicted molar refractivity (Wildman–Crippen MR) is 62.2 cm³/mol. The number of hydrogen-bond donors (Lipinski definition) is 0. The first kappa shape index (κ1) is 11.4. The molecule has 0 saturated carbocycles. The van der Waals surface area contributed by atoms with Crippen molar-refractivity contribution in [1.82, 2.24) is 9.97 Å². The summed E-state index contributed by atoms with van der Waals surface area (Å²) >= 11 is 0. The lowest BCUT2D eigenvalue weighted by atomic mass is 10.1. The molecule has 0 spiro atoms. The van der Waals surface area contributed by atoms with E-state index in [9.17, 15) is 8.78 Å². The molecule has 0 bridgehead atoms. The zero-order chi connectivity index (χ0) is 12.4. The molecule has 0 atom stereocenters. The van der Waals surface area contributed by atoms with Gasteiger partial charge in [0.1, 0.15) is 11.6 Å². The van der Waals surface area contributed by atoms with Crippen molar-refractivity contribution in [2.45, 2.75) is 6.92 Å². The molecule has 2 aromatic rings. The molecule has 17 heavy (non-hydrogen) atoms. The van der Waals surface area contributed by atoms with Crippen LogP contribution in [-0.4, -0.2) is 9.97 Å². The van der Waals surface area contributed by atoms with Gasteiger partial charge in [0.15, 0.2) is 0 Å². The Balaban J connectivity index is 2.57. The van der Waals surface area contributed by atoms with E-state index in [0.29, 0.717) is 16.8 Å². The average Bonchev–Trinajstić information content (AvgIpc) is 2.32. The lowest BCUT2D eigenvalue weighted by Crippen LogP contribution is -1.93. The number of aryl methyl sites for hydroxylation is 1. The van der Waals surface area contributed by atoms with Gasteiger partial charge in [0.05, 0.1) is 11.9 Å². The van der Waals surface area contributed by atoms with Crippen molar-refractivity contribution >= 4 is 6.08 Å². The summed E-state index contributed by atoms with van der Waals surface area (Å²) in [5.74, 6) is -1.02. The first-order valence-corrected chi connectivity index (χ1v) is 5.02. The van der Waals surface area contributed by atoms with Gasteiger partial charge in [0.2, 0.25) is 0 Å². The van der Waals surface area contributed by atoms with E-state index < -0.39 is 11.6 Å². The third-order valence-electron chi connectivity index (χ3n) is 2.37. The van der Waals surface area contributed by atoms with Crippen LogP contribution in [0.15, 0.2) is 31.1 Å². The van der Waals surface area contributed by atoms with Gasteiger partial charge in [-0.25, -0.2) is 8.78 Å². The maximum atomic E-state index is 13.5. The zero-order valence-electron chi connectivity index (χ0n) is 9.24. The molecule has 0 aromatic carbocycles. The summed E-state index contributed by atoms with van der Waals surface area (Å²) in [6.07, 6.45) is 3.84. The van der Waals surface area contributed by atoms with Crippen LogP contribution in [0.4, 0.5) is 8.78 Å². The highest BCUT2D eigenvalue weighted by Crippen LogP contribution is 2.23. The van der Waals surface area contributed by atoms with Crippen molar-refractivity contribution in [1.29, 1.82) is 0 Å². The van der Waals surface area contributed by atoms with E-state index in [4.69, 9.17) is 0 Å². The van der Waals surface area contributed by atoms with Crippen LogP contribution in [0.3, 0.4) is 0 Å². The molecular formula is C13H10F2N2.